The van der Waals surface area contributed by atoms with Crippen LogP contribution in [0.25, 0.3) is 0 Å². The second kappa shape index (κ2) is 4.91. The van der Waals surface area contributed by atoms with Crippen LogP contribution in [-0.4, -0.2) is 33.4 Å². The van der Waals surface area contributed by atoms with Crippen LogP contribution in [0.3, 0.4) is 0 Å². The quantitative estimate of drug-likeness (QED) is 0.444. The van der Waals surface area contributed by atoms with Crippen molar-refractivity contribution in [2.75, 3.05) is 5.32 Å². The summed E-state index contributed by atoms with van der Waals surface area (Å²) in [6.45, 7) is 1.01. The Hall–Kier alpha value is -1.44. The van der Waals surface area contributed by atoms with Crippen molar-refractivity contribution in [2.45, 2.75) is 13.1 Å². The van der Waals surface area contributed by atoms with Crippen LogP contribution in [0.4, 0.5) is 18.9 Å². The van der Waals surface area contributed by atoms with Crippen molar-refractivity contribution in [3.05, 3.63) is 17.7 Å². The molecule has 1 amide bonds. The summed E-state index contributed by atoms with van der Waals surface area (Å²) < 4.78 is 65.8. The van der Waals surface area contributed by atoms with E-state index in [2.05, 4.69) is 0 Å². The molecule has 0 heterocycles. The Morgan fingerprint density at radius 3 is 2.21 bits per heavy atom. The number of anilines is 1. The van der Waals surface area contributed by atoms with Gasteiger partial charge < -0.3 is 0 Å². The van der Waals surface area contributed by atoms with Gasteiger partial charge in [0.1, 0.15) is 0 Å². The van der Waals surface area contributed by atoms with Crippen LogP contribution in [0.1, 0.15) is 12.5 Å². The molecule has 0 aromatic heterocycles. The average Bonchev–Trinajstić information content (AvgIpc) is 2.16. The summed E-state index contributed by atoms with van der Waals surface area (Å²) in [5.74, 6) is -2.16. The number of phenols is 1. The van der Waals surface area contributed by atoms with Crippen molar-refractivity contribution in [2.24, 2.45) is 0 Å². The van der Waals surface area contributed by atoms with E-state index in [0.717, 1.165) is 13.0 Å². The SMILES string of the molecule is CC(=O)Nc1ccc([As](=O)(O)O)c(C(F)(F)F)c1O. The van der Waals surface area contributed by atoms with Gasteiger partial charge in [-0.05, 0) is 0 Å². The number of nitrogens with one attached hydrogen (secondary N) is 1. The number of phenolic OH excluding ortho intramolecular Hbond substituents is 1. The van der Waals surface area contributed by atoms with E-state index in [1.165, 1.54) is 0 Å². The number of carbonyl (C=O) groups excluding carboxylic acids is 1. The van der Waals surface area contributed by atoms with Crippen LogP contribution in [0, 0.1) is 0 Å². The van der Waals surface area contributed by atoms with Gasteiger partial charge in [0.25, 0.3) is 0 Å². The van der Waals surface area contributed by atoms with Gasteiger partial charge in [0.2, 0.25) is 0 Å². The van der Waals surface area contributed by atoms with Gasteiger partial charge in [-0.15, -0.1) is 0 Å². The van der Waals surface area contributed by atoms with E-state index < -0.39 is 47.6 Å². The van der Waals surface area contributed by atoms with Crippen molar-refractivity contribution in [3.8, 4) is 5.75 Å². The molecule has 1 aromatic rings. The number of hydrogen-bond acceptors (Lipinski definition) is 3. The zero-order chi connectivity index (χ0) is 15.0. The maximum absolute atomic E-state index is 12.8. The first kappa shape index (κ1) is 15.6. The number of alkyl halides is 3. The van der Waals surface area contributed by atoms with Gasteiger partial charge in [0, 0.05) is 0 Å². The van der Waals surface area contributed by atoms with Crippen molar-refractivity contribution in [1.29, 1.82) is 0 Å². The Morgan fingerprint density at radius 2 is 1.84 bits per heavy atom. The molecule has 0 fully saturated rings. The minimum atomic E-state index is -5.88. The Morgan fingerprint density at radius 1 is 1.32 bits per heavy atom. The molecule has 10 heteroatoms. The molecule has 0 saturated carbocycles. The fourth-order valence-electron chi connectivity index (χ4n) is 1.39. The molecule has 106 valence electrons. The molecular formula is C9H9AsF3NO5. The Balaban J connectivity index is 3.60. The van der Waals surface area contributed by atoms with Crippen LogP contribution >= 0.6 is 0 Å². The standard InChI is InChI=1S/C9H9AsF3NO5/c1-4(15)14-6-3-2-5(10(17,18)19)7(8(6)16)9(11,12)13/h2-3,16H,1H3,(H,14,15)(H2,17,18,19). The molecular weight excluding hydrogens is 334 g/mol. The second-order valence-electron chi connectivity index (χ2n) is 3.58. The number of aromatic hydroxyl groups is 1. The van der Waals surface area contributed by atoms with Crippen molar-refractivity contribution in [1.82, 2.24) is 0 Å². The molecule has 0 bridgehead atoms. The van der Waals surface area contributed by atoms with Crippen LogP contribution < -0.4 is 9.67 Å². The molecule has 1 rings (SSSR count). The molecule has 0 atom stereocenters. The zero-order valence-electron chi connectivity index (χ0n) is 9.39. The first-order valence-electron chi connectivity index (χ1n) is 4.71. The van der Waals surface area contributed by atoms with Crippen LogP contribution in [0.5, 0.6) is 5.75 Å². The monoisotopic (exact) mass is 343 g/mol. The van der Waals surface area contributed by atoms with Crippen molar-refractivity contribution >= 4 is 30.1 Å². The Bertz CT molecular complexity index is 566. The van der Waals surface area contributed by atoms with E-state index in [9.17, 15) is 26.8 Å². The van der Waals surface area contributed by atoms with E-state index in [1.54, 1.807) is 0 Å². The maximum atomic E-state index is 12.8. The van der Waals surface area contributed by atoms with E-state index in [4.69, 9.17) is 8.19 Å². The van der Waals surface area contributed by atoms with Gasteiger partial charge in [-0.3, -0.25) is 0 Å². The summed E-state index contributed by atoms with van der Waals surface area (Å²) >= 11 is -5.88. The van der Waals surface area contributed by atoms with E-state index in [0.29, 0.717) is 6.07 Å². The van der Waals surface area contributed by atoms with Gasteiger partial charge in [0.15, 0.2) is 0 Å². The van der Waals surface area contributed by atoms with Gasteiger partial charge in [-0.1, -0.05) is 0 Å². The number of rotatable bonds is 2. The van der Waals surface area contributed by atoms with Crippen LogP contribution in [-0.2, 0) is 14.7 Å². The number of carbonyl (C=O) groups is 1. The molecule has 0 aliphatic heterocycles. The molecule has 0 aliphatic rings. The number of hydrogen-bond donors (Lipinski definition) is 4. The average molecular weight is 343 g/mol. The third-order valence-electron chi connectivity index (χ3n) is 2.06. The second-order valence-corrected chi connectivity index (χ2v) is 6.87. The molecule has 0 aliphatic carbocycles. The van der Waals surface area contributed by atoms with Gasteiger partial charge in [0.05, 0.1) is 0 Å². The van der Waals surface area contributed by atoms with Crippen molar-refractivity contribution < 1.29 is 35.0 Å². The fourth-order valence-corrected chi connectivity index (χ4v) is 3.06. The van der Waals surface area contributed by atoms with E-state index >= 15 is 0 Å². The predicted molar refractivity (Wildman–Crippen MR) is 57.9 cm³/mol. The van der Waals surface area contributed by atoms with Crippen LogP contribution in [0.15, 0.2) is 12.1 Å². The molecule has 6 nitrogen and oxygen atoms in total. The predicted octanol–water partition coefficient (Wildman–Crippen LogP) is -0.0696. The van der Waals surface area contributed by atoms with Crippen LogP contribution in [0.2, 0.25) is 0 Å². The molecule has 0 spiro atoms. The Kier molecular flexibility index (Phi) is 4.04. The summed E-state index contributed by atoms with van der Waals surface area (Å²) in [6.07, 6.45) is -5.17. The molecule has 4 N–H and O–H groups in total. The normalized spacial score (nSPS) is 12.3. The summed E-state index contributed by atoms with van der Waals surface area (Å²) in [4.78, 5) is 10.8. The Labute approximate surface area is 107 Å². The number of benzene rings is 1. The number of amides is 1. The zero-order valence-corrected chi connectivity index (χ0v) is 11.3. The summed E-state index contributed by atoms with van der Waals surface area (Å²) in [5, 5.41) is 11.4. The fraction of sp³-hybridized carbons (Fsp3) is 0.222. The van der Waals surface area contributed by atoms with E-state index in [1.807, 2.05) is 5.32 Å². The summed E-state index contributed by atoms with van der Waals surface area (Å²) in [5.41, 5.74) is -2.42. The summed E-state index contributed by atoms with van der Waals surface area (Å²) in [6, 6.07) is 1.33. The minimum absolute atomic E-state index is 0.536. The molecule has 0 radical (unpaired) electrons. The molecule has 1 aromatic carbocycles. The molecule has 19 heavy (non-hydrogen) atoms. The van der Waals surface area contributed by atoms with Crippen molar-refractivity contribution in [3.63, 3.8) is 0 Å². The van der Waals surface area contributed by atoms with Gasteiger partial charge >= 0.3 is 107 Å². The molecule has 0 saturated heterocycles. The summed E-state index contributed by atoms with van der Waals surface area (Å²) in [7, 11) is 0. The first-order valence-corrected chi connectivity index (χ1v) is 8.09. The third kappa shape index (κ3) is 3.52. The van der Waals surface area contributed by atoms with Gasteiger partial charge in [-0.2, -0.15) is 0 Å². The topological polar surface area (TPSA) is 107 Å². The van der Waals surface area contributed by atoms with E-state index in [-0.39, 0.29) is 0 Å². The first-order chi connectivity index (χ1) is 8.44. The van der Waals surface area contributed by atoms with Gasteiger partial charge in [-0.25, -0.2) is 0 Å². The third-order valence-corrected chi connectivity index (χ3v) is 4.16. The number of halogens is 3. The molecule has 0 unspecified atom stereocenters.